The lowest BCUT2D eigenvalue weighted by Crippen LogP contribution is -2.29. The fourth-order valence-electron chi connectivity index (χ4n) is 3.77. The molecule has 1 fully saturated rings. The summed E-state index contributed by atoms with van der Waals surface area (Å²) in [7, 11) is 0. The van der Waals surface area contributed by atoms with Gasteiger partial charge in [-0.15, -0.1) is 0 Å². The van der Waals surface area contributed by atoms with Crippen molar-refractivity contribution >= 4 is 39.1 Å². The molecular formula is C23H16BrNO6. The molecule has 7 nitrogen and oxygen atoms in total. The van der Waals surface area contributed by atoms with Crippen molar-refractivity contribution in [1.82, 2.24) is 0 Å². The third kappa shape index (κ3) is 3.19. The maximum absolute atomic E-state index is 13.1. The van der Waals surface area contributed by atoms with Gasteiger partial charge in [-0.05, 0) is 43.3 Å². The number of ether oxygens (including phenoxy) is 2. The number of aliphatic hydroxyl groups excluding tert-OH is 1. The van der Waals surface area contributed by atoms with Gasteiger partial charge in [0.1, 0.15) is 23.3 Å². The van der Waals surface area contributed by atoms with Crippen molar-refractivity contribution in [2.75, 3.05) is 11.7 Å². The van der Waals surface area contributed by atoms with E-state index in [1.54, 1.807) is 61.5 Å². The second-order valence-electron chi connectivity index (χ2n) is 7.16. The quantitative estimate of drug-likeness (QED) is 0.331. The summed E-state index contributed by atoms with van der Waals surface area (Å²) >= 11 is 3.35. The topological polar surface area (TPSA) is 89.2 Å². The fourth-order valence-corrected chi connectivity index (χ4v) is 4.03. The van der Waals surface area contributed by atoms with E-state index in [0.29, 0.717) is 34.3 Å². The minimum atomic E-state index is -0.933. The number of rotatable bonds is 3. The summed E-state index contributed by atoms with van der Waals surface area (Å²) in [5, 5.41) is 11.0. The Morgan fingerprint density at radius 3 is 2.48 bits per heavy atom. The third-order valence-electron chi connectivity index (χ3n) is 5.23. The van der Waals surface area contributed by atoms with E-state index in [-0.39, 0.29) is 18.1 Å². The van der Waals surface area contributed by atoms with Gasteiger partial charge in [-0.1, -0.05) is 28.1 Å². The summed E-state index contributed by atoms with van der Waals surface area (Å²) in [6.45, 7) is 1.85. The lowest BCUT2D eigenvalue weighted by molar-refractivity contribution is -0.132. The number of hydrogen-bond donors (Lipinski definition) is 1. The molecule has 1 saturated heterocycles. The minimum absolute atomic E-state index is 0.0423. The Morgan fingerprint density at radius 2 is 1.77 bits per heavy atom. The largest absolute Gasteiger partial charge is 0.507 e. The number of ketones is 1. The summed E-state index contributed by atoms with van der Waals surface area (Å²) in [4.78, 5) is 27.5. The summed E-state index contributed by atoms with van der Waals surface area (Å²) in [5.41, 5.74) is 0.805. The number of nitrogens with zero attached hydrogens (tertiary/aromatic N) is 1. The number of carbonyl (C=O) groups is 2. The number of aryl methyl sites for hydroxylation is 1. The molecule has 3 aromatic rings. The van der Waals surface area contributed by atoms with Crippen molar-refractivity contribution in [3.63, 3.8) is 0 Å². The number of fused-ring (bicyclic) bond motifs is 1. The highest BCUT2D eigenvalue weighted by atomic mass is 79.9. The maximum atomic E-state index is 13.1. The second-order valence-corrected chi connectivity index (χ2v) is 8.08. The molecule has 31 heavy (non-hydrogen) atoms. The Kier molecular flexibility index (Phi) is 4.59. The SMILES string of the molecule is Cc1ccc(C2/C(=C(/O)c3ccc(Br)cc3)C(=O)C(=O)N2c2ccc3c(c2)OCO3)o1. The minimum Gasteiger partial charge on any atom is -0.507 e. The monoisotopic (exact) mass is 481 g/mol. The van der Waals surface area contributed by atoms with Crippen LogP contribution < -0.4 is 14.4 Å². The number of amides is 1. The number of anilines is 1. The molecule has 8 heteroatoms. The van der Waals surface area contributed by atoms with Gasteiger partial charge < -0.3 is 19.0 Å². The molecule has 156 valence electrons. The van der Waals surface area contributed by atoms with Crippen LogP contribution >= 0.6 is 15.9 Å². The average molecular weight is 482 g/mol. The Morgan fingerprint density at radius 1 is 1.03 bits per heavy atom. The van der Waals surface area contributed by atoms with Gasteiger partial charge in [-0.2, -0.15) is 0 Å². The van der Waals surface area contributed by atoms with Crippen LogP contribution in [-0.2, 0) is 9.59 Å². The normalized spacial score (nSPS) is 19.3. The first-order valence-electron chi connectivity index (χ1n) is 9.47. The molecule has 2 aliphatic rings. The summed E-state index contributed by atoms with van der Waals surface area (Å²) in [6.07, 6.45) is 0. The van der Waals surface area contributed by atoms with E-state index in [9.17, 15) is 14.7 Å². The summed E-state index contributed by atoms with van der Waals surface area (Å²) < 4.78 is 17.4. The molecule has 0 radical (unpaired) electrons. The van der Waals surface area contributed by atoms with Crippen LogP contribution in [0.3, 0.4) is 0 Å². The first kappa shape index (κ1) is 19.4. The third-order valence-corrected chi connectivity index (χ3v) is 5.76. The van der Waals surface area contributed by atoms with Gasteiger partial charge in [0.2, 0.25) is 6.79 Å². The number of halogens is 1. The summed E-state index contributed by atoms with van der Waals surface area (Å²) in [5.74, 6) is 0.187. The number of furan rings is 1. The molecule has 1 unspecified atom stereocenters. The molecule has 0 aliphatic carbocycles. The van der Waals surface area contributed by atoms with Crippen molar-refractivity contribution in [3.05, 3.63) is 81.7 Å². The van der Waals surface area contributed by atoms with Crippen LogP contribution in [0, 0.1) is 6.92 Å². The van der Waals surface area contributed by atoms with Gasteiger partial charge in [0, 0.05) is 21.8 Å². The predicted octanol–water partition coefficient (Wildman–Crippen LogP) is 4.71. The average Bonchev–Trinajstić information content (AvgIpc) is 3.46. The molecule has 0 spiro atoms. The van der Waals surface area contributed by atoms with E-state index in [1.807, 2.05) is 0 Å². The highest BCUT2D eigenvalue weighted by Gasteiger charge is 2.48. The zero-order valence-electron chi connectivity index (χ0n) is 16.3. The number of hydrogen-bond acceptors (Lipinski definition) is 6. The lowest BCUT2D eigenvalue weighted by Gasteiger charge is -2.23. The molecule has 1 atom stereocenters. The lowest BCUT2D eigenvalue weighted by atomic mass is 9.99. The molecule has 2 aromatic carbocycles. The van der Waals surface area contributed by atoms with Crippen LogP contribution in [0.5, 0.6) is 11.5 Å². The van der Waals surface area contributed by atoms with Crippen LogP contribution in [0.2, 0.25) is 0 Å². The van der Waals surface area contributed by atoms with E-state index in [0.717, 1.165) is 4.47 Å². The van der Waals surface area contributed by atoms with Crippen LogP contribution in [0.4, 0.5) is 5.69 Å². The van der Waals surface area contributed by atoms with Crippen LogP contribution in [0.15, 0.2) is 69.1 Å². The Bertz CT molecular complexity index is 1240. The predicted molar refractivity (Wildman–Crippen MR) is 115 cm³/mol. The van der Waals surface area contributed by atoms with Crippen LogP contribution in [-0.4, -0.2) is 23.6 Å². The number of Topliss-reactive ketones (excluding diaryl/α,β-unsaturated/α-hetero) is 1. The smallest absolute Gasteiger partial charge is 0.300 e. The van der Waals surface area contributed by atoms with Crippen molar-refractivity contribution in [2.45, 2.75) is 13.0 Å². The Balaban J connectivity index is 1.69. The van der Waals surface area contributed by atoms with E-state index in [2.05, 4.69) is 15.9 Å². The van der Waals surface area contributed by atoms with E-state index in [1.165, 1.54) is 4.90 Å². The molecule has 3 heterocycles. The molecule has 1 aromatic heterocycles. The van der Waals surface area contributed by atoms with E-state index < -0.39 is 17.7 Å². The van der Waals surface area contributed by atoms with Gasteiger partial charge in [-0.25, -0.2) is 0 Å². The molecule has 2 aliphatic heterocycles. The molecule has 0 saturated carbocycles. The number of benzene rings is 2. The van der Waals surface area contributed by atoms with Crippen LogP contribution in [0.25, 0.3) is 5.76 Å². The van der Waals surface area contributed by atoms with Gasteiger partial charge in [-0.3, -0.25) is 14.5 Å². The van der Waals surface area contributed by atoms with Crippen molar-refractivity contribution in [3.8, 4) is 11.5 Å². The van der Waals surface area contributed by atoms with Gasteiger partial charge in [0.15, 0.2) is 11.5 Å². The number of aliphatic hydroxyl groups is 1. The van der Waals surface area contributed by atoms with Crippen LogP contribution in [0.1, 0.15) is 23.1 Å². The van der Waals surface area contributed by atoms with E-state index in [4.69, 9.17) is 13.9 Å². The molecule has 0 bridgehead atoms. The van der Waals surface area contributed by atoms with Crippen molar-refractivity contribution in [2.24, 2.45) is 0 Å². The highest BCUT2D eigenvalue weighted by Crippen LogP contribution is 2.45. The zero-order chi connectivity index (χ0) is 21.7. The Hall–Kier alpha value is -3.52. The first-order chi connectivity index (χ1) is 14.9. The first-order valence-corrected chi connectivity index (χ1v) is 10.3. The highest BCUT2D eigenvalue weighted by molar-refractivity contribution is 9.10. The Labute approximate surface area is 185 Å². The van der Waals surface area contributed by atoms with Crippen molar-refractivity contribution in [1.29, 1.82) is 0 Å². The molecular weight excluding hydrogens is 466 g/mol. The number of carbonyl (C=O) groups excluding carboxylic acids is 2. The molecule has 1 N–H and O–H groups in total. The van der Waals surface area contributed by atoms with Gasteiger partial charge in [0.05, 0.1) is 5.57 Å². The maximum Gasteiger partial charge on any atom is 0.300 e. The summed E-state index contributed by atoms with van der Waals surface area (Å²) in [6, 6.07) is 14.3. The zero-order valence-corrected chi connectivity index (χ0v) is 17.9. The van der Waals surface area contributed by atoms with Gasteiger partial charge >= 0.3 is 0 Å². The molecule has 1 amide bonds. The molecule has 5 rings (SSSR count). The second kappa shape index (κ2) is 7.31. The van der Waals surface area contributed by atoms with Crippen molar-refractivity contribution < 1.29 is 28.6 Å². The van der Waals surface area contributed by atoms with E-state index >= 15 is 0 Å². The standard InChI is InChI=1S/C23H16BrNO6/c1-12-2-8-17(31-12)20-19(21(26)13-3-5-14(24)6-4-13)22(27)23(28)25(20)15-7-9-16-18(10-15)30-11-29-16/h2-10,20,26H,11H2,1H3/b21-19-. The van der Waals surface area contributed by atoms with Gasteiger partial charge in [0.25, 0.3) is 11.7 Å². The fraction of sp³-hybridized carbons (Fsp3) is 0.130.